The predicted octanol–water partition coefficient (Wildman–Crippen LogP) is 6.15. The van der Waals surface area contributed by atoms with Crippen molar-refractivity contribution in [3.8, 4) is 0 Å². The molecule has 0 radical (unpaired) electrons. The predicted molar refractivity (Wildman–Crippen MR) is 108 cm³/mol. The Kier molecular flexibility index (Phi) is 6.17. The van der Waals surface area contributed by atoms with Crippen molar-refractivity contribution in [2.24, 2.45) is 0 Å². The van der Waals surface area contributed by atoms with Crippen molar-refractivity contribution < 1.29 is 22.8 Å². The second-order valence-corrected chi connectivity index (χ2v) is 7.22. The summed E-state index contributed by atoms with van der Waals surface area (Å²) in [7, 11) is 0. The van der Waals surface area contributed by atoms with Crippen LogP contribution >= 0.6 is 15.9 Å². The van der Waals surface area contributed by atoms with Crippen LogP contribution in [0, 0.1) is 0 Å². The Morgan fingerprint density at radius 1 is 0.897 bits per heavy atom. The second-order valence-electron chi connectivity index (χ2n) is 6.31. The first kappa shape index (κ1) is 20.8. The first-order chi connectivity index (χ1) is 13.7. The summed E-state index contributed by atoms with van der Waals surface area (Å²) in [6.07, 6.45) is -4.69. The van der Waals surface area contributed by atoms with Crippen LogP contribution in [0.25, 0.3) is 0 Å². The van der Waals surface area contributed by atoms with Gasteiger partial charge in [0.2, 0.25) is 0 Å². The van der Waals surface area contributed by atoms with Crippen LogP contribution in [0.3, 0.4) is 0 Å². The molecule has 0 saturated heterocycles. The highest BCUT2D eigenvalue weighted by Crippen LogP contribution is 2.30. The summed E-state index contributed by atoms with van der Waals surface area (Å²) in [6.45, 7) is 0. The number of halogens is 4. The van der Waals surface area contributed by atoms with Crippen LogP contribution in [0.2, 0.25) is 0 Å². The highest BCUT2D eigenvalue weighted by atomic mass is 79.9. The van der Waals surface area contributed by atoms with Crippen molar-refractivity contribution in [3.05, 3.63) is 99.5 Å². The monoisotopic (exact) mass is 461 g/mol. The number of alkyl halides is 3. The number of hydrogen-bond donors (Lipinski definition) is 1. The van der Waals surface area contributed by atoms with E-state index in [9.17, 15) is 22.8 Å². The van der Waals surface area contributed by atoms with Gasteiger partial charge in [0.25, 0.3) is 5.91 Å². The normalized spacial score (nSPS) is 11.2. The second kappa shape index (κ2) is 8.61. The Labute approximate surface area is 173 Å². The highest BCUT2D eigenvalue weighted by Gasteiger charge is 2.30. The van der Waals surface area contributed by atoms with Crippen molar-refractivity contribution in [3.63, 3.8) is 0 Å². The third kappa shape index (κ3) is 5.32. The summed E-state index contributed by atoms with van der Waals surface area (Å²) in [5.74, 6) is -0.792. The first-order valence-corrected chi connectivity index (χ1v) is 9.38. The molecule has 148 valence electrons. The van der Waals surface area contributed by atoms with E-state index in [2.05, 4.69) is 21.2 Å². The number of ketones is 1. The maximum absolute atomic E-state index is 12.9. The lowest BCUT2D eigenvalue weighted by Gasteiger charge is -2.12. The maximum atomic E-state index is 12.9. The number of carbonyl (C=O) groups excluding carboxylic acids is 2. The van der Waals surface area contributed by atoms with Crippen molar-refractivity contribution >= 4 is 33.3 Å². The zero-order valence-electron chi connectivity index (χ0n) is 15.0. The third-order valence-electron chi connectivity index (χ3n) is 4.18. The van der Waals surface area contributed by atoms with Crippen molar-refractivity contribution in [2.45, 2.75) is 12.6 Å². The minimum absolute atomic E-state index is 0.215. The summed E-state index contributed by atoms with van der Waals surface area (Å²) < 4.78 is 39.4. The molecule has 0 unspecified atom stereocenters. The lowest BCUT2D eigenvalue weighted by atomic mass is 10.00. The topological polar surface area (TPSA) is 46.2 Å². The molecule has 1 amide bonds. The average molecular weight is 462 g/mol. The van der Waals surface area contributed by atoms with Gasteiger partial charge in [0.05, 0.1) is 11.3 Å². The van der Waals surface area contributed by atoms with Crippen molar-refractivity contribution in [2.75, 3.05) is 5.32 Å². The Morgan fingerprint density at radius 2 is 1.62 bits per heavy atom. The molecule has 0 spiro atoms. The highest BCUT2D eigenvalue weighted by molar-refractivity contribution is 9.10. The third-order valence-corrected chi connectivity index (χ3v) is 4.67. The SMILES string of the molecule is O=C(Nc1ccccc1C(=O)Cc1cccc(C(F)(F)F)c1)c1cccc(Br)c1. The molecule has 29 heavy (non-hydrogen) atoms. The van der Waals surface area contributed by atoms with Gasteiger partial charge < -0.3 is 5.32 Å². The van der Waals surface area contributed by atoms with Crippen LogP contribution in [-0.2, 0) is 12.6 Å². The molecule has 3 nitrogen and oxygen atoms in total. The standard InChI is InChI=1S/C22H15BrF3NO2/c23-17-8-4-6-15(13-17)21(29)27-19-10-2-1-9-18(19)20(28)12-14-5-3-7-16(11-14)22(24,25)26/h1-11,13H,12H2,(H,27,29). The molecule has 0 aliphatic carbocycles. The number of nitrogens with one attached hydrogen (secondary N) is 1. The van der Waals surface area contributed by atoms with E-state index in [-0.39, 0.29) is 17.5 Å². The molecule has 0 bridgehead atoms. The van der Waals surface area contributed by atoms with Gasteiger partial charge in [-0.25, -0.2) is 0 Å². The van der Waals surface area contributed by atoms with E-state index < -0.39 is 23.4 Å². The number of hydrogen-bond acceptors (Lipinski definition) is 2. The quantitative estimate of drug-likeness (QED) is 0.463. The van der Waals surface area contributed by atoms with Gasteiger partial charge in [-0.2, -0.15) is 13.2 Å². The fourth-order valence-electron chi connectivity index (χ4n) is 2.80. The van der Waals surface area contributed by atoms with E-state index in [1.54, 1.807) is 42.5 Å². The molecule has 3 rings (SSSR count). The number of carbonyl (C=O) groups is 2. The Balaban J connectivity index is 1.81. The van der Waals surface area contributed by atoms with E-state index in [1.807, 2.05) is 0 Å². The van der Waals surface area contributed by atoms with Crippen LogP contribution in [0.15, 0.2) is 77.3 Å². The van der Waals surface area contributed by atoms with Gasteiger partial charge in [-0.15, -0.1) is 0 Å². The molecular formula is C22H15BrF3NO2. The van der Waals surface area contributed by atoms with Crippen LogP contribution in [0.5, 0.6) is 0 Å². The molecular weight excluding hydrogens is 447 g/mol. The van der Waals surface area contributed by atoms with Crippen molar-refractivity contribution in [1.29, 1.82) is 0 Å². The summed E-state index contributed by atoms with van der Waals surface area (Å²) in [6, 6.07) is 17.8. The van der Waals surface area contributed by atoms with Gasteiger partial charge in [0.1, 0.15) is 0 Å². The van der Waals surface area contributed by atoms with E-state index >= 15 is 0 Å². The Morgan fingerprint density at radius 3 is 2.34 bits per heavy atom. The molecule has 3 aromatic carbocycles. The van der Waals surface area contributed by atoms with Gasteiger partial charge in [0.15, 0.2) is 5.78 Å². The van der Waals surface area contributed by atoms with E-state index in [1.165, 1.54) is 18.2 Å². The zero-order chi connectivity index (χ0) is 21.0. The molecule has 0 fully saturated rings. The minimum Gasteiger partial charge on any atom is -0.321 e. The molecule has 0 heterocycles. The summed E-state index contributed by atoms with van der Waals surface area (Å²) in [4.78, 5) is 25.2. The molecule has 7 heteroatoms. The number of amides is 1. The summed E-state index contributed by atoms with van der Waals surface area (Å²) in [5.41, 5.74) is 0.374. The van der Waals surface area contributed by atoms with Crippen LogP contribution < -0.4 is 5.32 Å². The number of benzene rings is 3. The molecule has 0 atom stereocenters. The van der Waals surface area contributed by atoms with Gasteiger partial charge in [-0.1, -0.05) is 52.3 Å². The van der Waals surface area contributed by atoms with E-state index in [0.29, 0.717) is 11.3 Å². The Hall–Kier alpha value is -2.93. The van der Waals surface area contributed by atoms with Gasteiger partial charge in [-0.05, 0) is 42.0 Å². The molecule has 0 aliphatic rings. The van der Waals surface area contributed by atoms with E-state index in [4.69, 9.17) is 0 Å². The van der Waals surface area contributed by atoms with Crippen LogP contribution in [0.4, 0.5) is 18.9 Å². The summed E-state index contributed by atoms with van der Waals surface area (Å²) >= 11 is 3.30. The minimum atomic E-state index is -4.48. The lowest BCUT2D eigenvalue weighted by molar-refractivity contribution is -0.137. The fourth-order valence-corrected chi connectivity index (χ4v) is 3.20. The number of rotatable bonds is 5. The van der Waals surface area contributed by atoms with Crippen molar-refractivity contribution in [1.82, 2.24) is 0 Å². The maximum Gasteiger partial charge on any atom is 0.416 e. The molecule has 0 saturated carbocycles. The number of Topliss-reactive ketones (excluding diaryl/α,β-unsaturated/α-hetero) is 1. The zero-order valence-corrected chi connectivity index (χ0v) is 16.5. The molecule has 3 aromatic rings. The smallest absolute Gasteiger partial charge is 0.321 e. The van der Waals surface area contributed by atoms with E-state index in [0.717, 1.165) is 16.6 Å². The first-order valence-electron chi connectivity index (χ1n) is 8.59. The number of anilines is 1. The number of para-hydroxylation sites is 1. The Bertz CT molecular complexity index is 1060. The molecule has 1 N–H and O–H groups in total. The summed E-state index contributed by atoms with van der Waals surface area (Å²) in [5, 5.41) is 2.70. The lowest BCUT2D eigenvalue weighted by Crippen LogP contribution is -2.15. The largest absolute Gasteiger partial charge is 0.416 e. The van der Waals surface area contributed by atoms with Crippen LogP contribution in [0.1, 0.15) is 31.8 Å². The molecule has 0 aromatic heterocycles. The van der Waals surface area contributed by atoms with Gasteiger partial charge in [-0.3, -0.25) is 9.59 Å². The van der Waals surface area contributed by atoms with Crippen LogP contribution in [-0.4, -0.2) is 11.7 Å². The fraction of sp³-hybridized carbons (Fsp3) is 0.0909. The van der Waals surface area contributed by atoms with Gasteiger partial charge >= 0.3 is 6.18 Å². The molecule has 0 aliphatic heterocycles. The average Bonchev–Trinajstić information content (AvgIpc) is 2.68. The van der Waals surface area contributed by atoms with Gasteiger partial charge in [0, 0.05) is 22.0 Å².